The van der Waals surface area contributed by atoms with E-state index in [1.807, 2.05) is 26.0 Å². The van der Waals surface area contributed by atoms with Gasteiger partial charge in [0.2, 0.25) is 0 Å². The quantitative estimate of drug-likeness (QED) is 0.548. The highest BCUT2D eigenvalue weighted by atomic mass is 16.6. The van der Waals surface area contributed by atoms with Crippen LogP contribution in [-0.4, -0.2) is 34.4 Å². The minimum atomic E-state index is -1.09. The van der Waals surface area contributed by atoms with Gasteiger partial charge < -0.3 is 14.6 Å². The molecule has 0 unspecified atom stereocenters. The van der Waals surface area contributed by atoms with Crippen molar-refractivity contribution in [2.75, 3.05) is 0 Å². The molecule has 0 aromatic heterocycles. The van der Waals surface area contributed by atoms with Crippen molar-refractivity contribution in [1.29, 1.82) is 0 Å². The fourth-order valence-corrected chi connectivity index (χ4v) is 5.31. The molecule has 5 heteroatoms. The maximum atomic E-state index is 12.0. The van der Waals surface area contributed by atoms with Crippen LogP contribution >= 0.6 is 0 Å². The van der Waals surface area contributed by atoms with E-state index >= 15 is 0 Å². The van der Waals surface area contributed by atoms with E-state index in [-0.39, 0.29) is 29.2 Å². The number of ether oxygens (including phenoxy) is 2. The molecule has 1 saturated carbocycles. The van der Waals surface area contributed by atoms with Gasteiger partial charge in [-0.1, -0.05) is 38.2 Å². The Morgan fingerprint density at radius 2 is 1.79 bits per heavy atom. The molecular weight excluding hydrogens is 368 g/mol. The Labute approximate surface area is 175 Å². The van der Waals surface area contributed by atoms with Crippen molar-refractivity contribution >= 4 is 11.9 Å². The molecule has 0 aliphatic heterocycles. The first-order chi connectivity index (χ1) is 13.3. The van der Waals surface area contributed by atoms with E-state index in [0.29, 0.717) is 12.3 Å². The molecule has 6 atom stereocenters. The maximum absolute atomic E-state index is 12.0. The van der Waals surface area contributed by atoms with Crippen LogP contribution in [0.3, 0.4) is 0 Å². The third kappa shape index (κ3) is 5.94. The number of esters is 2. The number of allylic oxidation sites excluding steroid dienone is 3. The number of fused-ring (bicyclic) bond motifs is 1. The van der Waals surface area contributed by atoms with Crippen LogP contribution in [-0.2, 0) is 19.1 Å². The van der Waals surface area contributed by atoms with E-state index in [2.05, 4.69) is 26.0 Å². The van der Waals surface area contributed by atoms with Crippen LogP contribution in [0.25, 0.3) is 0 Å². The van der Waals surface area contributed by atoms with Gasteiger partial charge in [-0.05, 0) is 51.4 Å². The molecule has 0 bridgehead atoms. The van der Waals surface area contributed by atoms with Gasteiger partial charge >= 0.3 is 11.9 Å². The van der Waals surface area contributed by atoms with E-state index < -0.39 is 17.3 Å². The molecule has 1 fully saturated rings. The molecule has 2 rings (SSSR count). The van der Waals surface area contributed by atoms with Crippen LogP contribution in [0.1, 0.15) is 74.1 Å². The van der Waals surface area contributed by atoms with Crippen molar-refractivity contribution in [3.63, 3.8) is 0 Å². The lowest BCUT2D eigenvalue weighted by Gasteiger charge is -2.44. The number of hydrogen-bond acceptors (Lipinski definition) is 5. The predicted octanol–water partition coefficient (Wildman–Crippen LogP) is 4.59. The third-order valence-corrected chi connectivity index (χ3v) is 6.61. The zero-order valence-electron chi connectivity index (χ0n) is 19.0. The average molecular weight is 407 g/mol. The van der Waals surface area contributed by atoms with Crippen molar-refractivity contribution in [2.45, 2.75) is 91.5 Å². The SMILES string of the molecule is CC(=O)O[C@H]1C[C@](C)(O)/C=C\C[C@@H](C)/C=C/[C@@]2(C)CC[C@@H](C(C)(C)OC(C)=O)[C@H]12. The summed E-state index contributed by atoms with van der Waals surface area (Å²) in [7, 11) is 0. The zero-order valence-corrected chi connectivity index (χ0v) is 19.0. The van der Waals surface area contributed by atoms with Crippen LogP contribution < -0.4 is 0 Å². The van der Waals surface area contributed by atoms with E-state index in [1.54, 1.807) is 6.92 Å². The Morgan fingerprint density at radius 1 is 1.14 bits per heavy atom. The minimum Gasteiger partial charge on any atom is -0.462 e. The molecule has 2 aliphatic rings. The van der Waals surface area contributed by atoms with Crippen molar-refractivity contribution in [3.8, 4) is 0 Å². The Morgan fingerprint density at radius 3 is 2.38 bits per heavy atom. The van der Waals surface area contributed by atoms with Gasteiger partial charge in [-0.2, -0.15) is 0 Å². The highest BCUT2D eigenvalue weighted by Crippen LogP contribution is 2.55. The Kier molecular flexibility index (Phi) is 7.04. The lowest BCUT2D eigenvalue weighted by molar-refractivity contribution is -0.171. The second-order valence-corrected chi connectivity index (χ2v) is 10.1. The molecule has 0 radical (unpaired) electrons. The Balaban J connectivity index is 2.57. The van der Waals surface area contributed by atoms with Gasteiger partial charge in [0.05, 0.1) is 5.60 Å². The largest absolute Gasteiger partial charge is 0.462 e. The minimum absolute atomic E-state index is 0.00115. The molecule has 0 saturated heterocycles. The fraction of sp³-hybridized carbons (Fsp3) is 0.750. The van der Waals surface area contributed by atoms with Gasteiger partial charge in [0.25, 0.3) is 0 Å². The normalized spacial score (nSPS) is 40.3. The molecular formula is C24H38O5. The third-order valence-electron chi connectivity index (χ3n) is 6.61. The van der Waals surface area contributed by atoms with Gasteiger partial charge in [0.1, 0.15) is 11.7 Å². The van der Waals surface area contributed by atoms with E-state index in [9.17, 15) is 14.7 Å². The van der Waals surface area contributed by atoms with Crippen molar-refractivity contribution < 1.29 is 24.2 Å². The smallest absolute Gasteiger partial charge is 0.303 e. The van der Waals surface area contributed by atoms with E-state index in [0.717, 1.165) is 19.3 Å². The average Bonchev–Trinajstić information content (AvgIpc) is 2.88. The van der Waals surface area contributed by atoms with Gasteiger partial charge in [-0.15, -0.1) is 0 Å². The summed E-state index contributed by atoms with van der Waals surface area (Å²) in [5, 5.41) is 11.0. The summed E-state index contributed by atoms with van der Waals surface area (Å²) < 4.78 is 11.5. The highest BCUT2D eigenvalue weighted by Gasteiger charge is 2.55. The van der Waals surface area contributed by atoms with Crippen LogP contribution in [0.2, 0.25) is 0 Å². The number of hydrogen-bond donors (Lipinski definition) is 1. The lowest BCUT2D eigenvalue weighted by atomic mass is 9.68. The summed E-state index contributed by atoms with van der Waals surface area (Å²) in [4.78, 5) is 23.8. The zero-order chi connectivity index (χ0) is 22.0. The first kappa shape index (κ1) is 23.7. The van der Waals surface area contributed by atoms with Crippen molar-refractivity contribution in [2.24, 2.45) is 23.2 Å². The van der Waals surface area contributed by atoms with Gasteiger partial charge in [-0.3, -0.25) is 9.59 Å². The molecule has 29 heavy (non-hydrogen) atoms. The van der Waals surface area contributed by atoms with Gasteiger partial charge in [-0.25, -0.2) is 0 Å². The first-order valence-corrected chi connectivity index (χ1v) is 10.7. The number of aliphatic hydroxyl groups is 1. The predicted molar refractivity (Wildman–Crippen MR) is 113 cm³/mol. The molecule has 164 valence electrons. The second kappa shape index (κ2) is 8.63. The molecule has 0 amide bonds. The number of rotatable bonds is 3. The van der Waals surface area contributed by atoms with Gasteiger partial charge in [0, 0.05) is 32.1 Å². The van der Waals surface area contributed by atoms with E-state index in [1.165, 1.54) is 13.8 Å². The lowest BCUT2D eigenvalue weighted by Crippen LogP contribution is -2.48. The van der Waals surface area contributed by atoms with Gasteiger partial charge in [0.15, 0.2) is 0 Å². The van der Waals surface area contributed by atoms with E-state index in [4.69, 9.17) is 9.47 Å². The summed E-state index contributed by atoms with van der Waals surface area (Å²) >= 11 is 0. The van der Waals surface area contributed by atoms with Crippen LogP contribution in [0, 0.1) is 23.2 Å². The molecule has 0 spiro atoms. The summed E-state index contributed by atoms with van der Waals surface area (Å²) in [5.41, 5.74) is -2.02. The van der Waals surface area contributed by atoms with Crippen LogP contribution in [0.5, 0.6) is 0 Å². The Hall–Kier alpha value is -1.62. The molecule has 1 N–H and O–H groups in total. The molecule has 0 heterocycles. The summed E-state index contributed by atoms with van der Waals surface area (Å²) in [5.74, 6) is -0.419. The molecule has 5 nitrogen and oxygen atoms in total. The van der Waals surface area contributed by atoms with Crippen LogP contribution in [0.15, 0.2) is 24.3 Å². The first-order valence-electron chi connectivity index (χ1n) is 10.7. The molecule has 2 aliphatic carbocycles. The topological polar surface area (TPSA) is 72.8 Å². The Bertz CT molecular complexity index is 675. The van der Waals surface area contributed by atoms with Crippen molar-refractivity contribution in [1.82, 2.24) is 0 Å². The summed E-state index contributed by atoms with van der Waals surface area (Å²) in [6, 6.07) is 0. The summed E-state index contributed by atoms with van der Waals surface area (Å²) in [6.07, 6.45) is 10.7. The fourth-order valence-electron chi connectivity index (χ4n) is 5.31. The highest BCUT2D eigenvalue weighted by molar-refractivity contribution is 5.67. The monoisotopic (exact) mass is 406 g/mol. The van der Waals surface area contributed by atoms with Crippen molar-refractivity contribution in [3.05, 3.63) is 24.3 Å². The molecule has 0 aromatic rings. The maximum Gasteiger partial charge on any atom is 0.303 e. The van der Waals surface area contributed by atoms with Crippen LogP contribution in [0.4, 0.5) is 0 Å². The summed E-state index contributed by atoms with van der Waals surface area (Å²) in [6.45, 7) is 12.8. The molecule has 0 aromatic carbocycles. The second-order valence-electron chi connectivity index (χ2n) is 10.1. The number of carbonyl (C=O) groups excluding carboxylic acids is 2. The standard InChI is InChI=1S/C24H38O5/c1-16-9-8-12-24(7,27)15-20(28-17(2)25)21-19(22(4,5)29-18(3)26)11-14-23(21,6)13-10-16/h8,10,12-13,16,19-21,27H,9,11,14-15H2,1-7H3/b12-8-,13-10+/t16-,19-,20+,21-,23+,24-/m1/s1. The number of carbonyl (C=O) groups is 2.